The molecule has 3 rings (SSSR count). The first-order valence-electron chi connectivity index (χ1n) is 11.0. The molecule has 0 heterocycles. The minimum absolute atomic E-state index is 0.122. The van der Waals surface area contributed by atoms with E-state index in [1.54, 1.807) is 24.3 Å². The molecule has 1 amide bonds. The van der Waals surface area contributed by atoms with E-state index in [9.17, 15) is 13.2 Å². The molecule has 3 aromatic carbocycles. The Kier molecular flexibility index (Phi) is 7.28. The van der Waals surface area contributed by atoms with Crippen LogP contribution in [0.2, 0.25) is 0 Å². The summed E-state index contributed by atoms with van der Waals surface area (Å²) >= 11 is 0. The average molecular weight is 465 g/mol. The SMILES string of the molecule is Cc1cc(C)cc(N(Cc2ccc(C(=O)NC(C)c3ccc(C)cc3C)cc2)S(C)(=O)=O)c1. The zero-order valence-electron chi connectivity index (χ0n) is 20.1. The van der Waals surface area contributed by atoms with Crippen LogP contribution in [0, 0.1) is 27.7 Å². The fourth-order valence-corrected chi connectivity index (χ4v) is 4.96. The number of anilines is 1. The Balaban J connectivity index is 1.76. The van der Waals surface area contributed by atoms with Gasteiger partial charge >= 0.3 is 0 Å². The van der Waals surface area contributed by atoms with E-state index in [1.165, 1.54) is 16.1 Å². The largest absolute Gasteiger partial charge is 0.346 e. The van der Waals surface area contributed by atoms with Gasteiger partial charge < -0.3 is 5.32 Å². The molecule has 0 aromatic heterocycles. The number of sulfonamides is 1. The normalized spacial score (nSPS) is 12.3. The minimum Gasteiger partial charge on any atom is -0.346 e. The fraction of sp³-hybridized carbons (Fsp3) is 0.296. The van der Waals surface area contributed by atoms with Crippen molar-refractivity contribution in [3.8, 4) is 0 Å². The van der Waals surface area contributed by atoms with Crippen LogP contribution in [0.4, 0.5) is 5.69 Å². The Morgan fingerprint density at radius 2 is 1.48 bits per heavy atom. The third-order valence-corrected chi connectivity index (χ3v) is 6.82. The van der Waals surface area contributed by atoms with Crippen LogP contribution in [0.5, 0.6) is 0 Å². The van der Waals surface area contributed by atoms with Crippen molar-refractivity contribution in [2.45, 2.75) is 47.2 Å². The first-order chi connectivity index (χ1) is 15.4. The van der Waals surface area contributed by atoms with E-state index >= 15 is 0 Å². The fourth-order valence-electron chi connectivity index (χ4n) is 4.09. The lowest BCUT2D eigenvalue weighted by atomic mass is 10.00. The number of hydrogen-bond acceptors (Lipinski definition) is 3. The van der Waals surface area contributed by atoms with Crippen molar-refractivity contribution in [1.82, 2.24) is 5.32 Å². The monoisotopic (exact) mass is 464 g/mol. The molecule has 5 nitrogen and oxygen atoms in total. The third-order valence-electron chi connectivity index (χ3n) is 5.68. The predicted molar refractivity (Wildman–Crippen MR) is 135 cm³/mol. The van der Waals surface area contributed by atoms with Crippen molar-refractivity contribution in [2.24, 2.45) is 0 Å². The summed E-state index contributed by atoms with van der Waals surface area (Å²) in [7, 11) is -3.48. The summed E-state index contributed by atoms with van der Waals surface area (Å²) in [6.07, 6.45) is 1.21. The van der Waals surface area contributed by atoms with Gasteiger partial charge in [-0.1, -0.05) is 42.0 Å². The molecule has 0 aliphatic heterocycles. The van der Waals surface area contributed by atoms with Crippen molar-refractivity contribution in [2.75, 3.05) is 10.6 Å². The number of nitrogens with one attached hydrogen (secondary N) is 1. The number of hydrogen-bond donors (Lipinski definition) is 1. The molecule has 0 fully saturated rings. The zero-order chi connectivity index (χ0) is 24.3. The maximum atomic E-state index is 12.8. The van der Waals surface area contributed by atoms with Gasteiger partial charge in [0.2, 0.25) is 10.0 Å². The summed E-state index contributed by atoms with van der Waals surface area (Å²) in [5.74, 6) is -0.164. The van der Waals surface area contributed by atoms with E-state index in [0.717, 1.165) is 27.8 Å². The van der Waals surface area contributed by atoms with Crippen molar-refractivity contribution < 1.29 is 13.2 Å². The van der Waals surface area contributed by atoms with Crippen LogP contribution in [0.1, 0.15) is 56.7 Å². The Labute approximate surface area is 197 Å². The zero-order valence-corrected chi connectivity index (χ0v) is 21.0. The number of carbonyl (C=O) groups excluding carboxylic acids is 1. The van der Waals surface area contributed by atoms with E-state index in [4.69, 9.17) is 0 Å². The summed E-state index contributed by atoms with van der Waals surface area (Å²) in [5.41, 5.74) is 7.40. The highest BCUT2D eigenvalue weighted by molar-refractivity contribution is 7.92. The molecular weight excluding hydrogens is 432 g/mol. The highest BCUT2D eigenvalue weighted by atomic mass is 32.2. The number of rotatable bonds is 7. The lowest BCUT2D eigenvalue weighted by molar-refractivity contribution is 0.0940. The Hall–Kier alpha value is -3.12. The molecule has 1 N–H and O–H groups in total. The number of nitrogens with zero attached hydrogens (tertiary/aromatic N) is 1. The standard InChI is InChI=1S/C27H32N2O3S/c1-18-7-12-26(21(4)14-18)22(5)28-27(30)24-10-8-23(9-11-24)17-29(33(6,31)32)25-15-19(2)13-20(3)16-25/h7-16,22H,17H2,1-6H3,(H,28,30). The number of amides is 1. The molecular formula is C27H32N2O3S. The van der Waals surface area contributed by atoms with E-state index in [2.05, 4.69) is 11.4 Å². The van der Waals surface area contributed by atoms with Crippen LogP contribution >= 0.6 is 0 Å². The van der Waals surface area contributed by atoms with Gasteiger partial charge in [-0.25, -0.2) is 8.42 Å². The van der Waals surface area contributed by atoms with Crippen LogP contribution in [-0.2, 0) is 16.6 Å². The van der Waals surface area contributed by atoms with E-state index in [-0.39, 0.29) is 18.5 Å². The second-order valence-corrected chi connectivity index (χ2v) is 10.8. The molecule has 1 atom stereocenters. The quantitative estimate of drug-likeness (QED) is 0.511. The molecule has 0 aliphatic rings. The van der Waals surface area contributed by atoms with Crippen molar-refractivity contribution in [1.29, 1.82) is 0 Å². The van der Waals surface area contributed by atoms with Crippen LogP contribution < -0.4 is 9.62 Å². The molecule has 0 saturated heterocycles. The smallest absolute Gasteiger partial charge is 0.251 e. The predicted octanol–water partition coefficient (Wildman–Crippen LogP) is 5.38. The van der Waals surface area contributed by atoms with Crippen LogP contribution in [-0.4, -0.2) is 20.6 Å². The van der Waals surface area contributed by atoms with Gasteiger partial charge in [-0.3, -0.25) is 9.10 Å². The van der Waals surface area contributed by atoms with Gasteiger partial charge in [0.05, 0.1) is 24.5 Å². The van der Waals surface area contributed by atoms with Crippen LogP contribution in [0.3, 0.4) is 0 Å². The van der Waals surface area contributed by atoms with Gasteiger partial charge in [-0.15, -0.1) is 0 Å². The topological polar surface area (TPSA) is 66.5 Å². The van der Waals surface area contributed by atoms with Crippen molar-refractivity contribution in [3.63, 3.8) is 0 Å². The molecule has 0 radical (unpaired) electrons. The highest BCUT2D eigenvalue weighted by Crippen LogP contribution is 2.24. The van der Waals surface area contributed by atoms with E-state index in [0.29, 0.717) is 11.3 Å². The molecule has 174 valence electrons. The van der Waals surface area contributed by atoms with Crippen LogP contribution in [0.25, 0.3) is 0 Å². The maximum Gasteiger partial charge on any atom is 0.251 e. The molecule has 6 heteroatoms. The van der Waals surface area contributed by atoms with Gasteiger partial charge in [-0.05, 0) is 86.7 Å². The van der Waals surface area contributed by atoms with Crippen molar-refractivity contribution >= 4 is 21.6 Å². The van der Waals surface area contributed by atoms with E-state index < -0.39 is 10.0 Å². The lowest BCUT2D eigenvalue weighted by Gasteiger charge is -2.23. The summed E-state index contributed by atoms with van der Waals surface area (Å²) in [6.45, 7) is 10.2. The van der Waals surface area contributed by atoms with Crippen molar-refractivity contribution in [3.05, 3.63) is 99.6 Å². The third kappa shape index (κ3) is 6.23. The first-order valence-corrected chi connectivity index (χ1v) is 12.8. The van der Waals surface area contributed by atoms with Crippen LogP contribution in [0.15, 0.2) is 60.7 Å². The molecule has 3 aromatic rings. The van der Waals surface area contributed by atoms with Gasteiger partial charge in [-0.2, -0.15) is 0 Å². The summed E-state index contributed by atoms with van der Waals surface area (Å²) in [4.78, 5) is 12.8. The second-order valence-electron chi connectivity index (χ2n) is 8.87. The number of carbonyl (C=O) groups is 1. The molecule has 0 aliphatic carbocycles. The first kappa shape index (κ1) is 24.5. The Bertz CT molecular complexity index is 1240. The lowest BCUT2D eigenvalue weighted by Crippen LogP contribution is -2.29. The molecule has 0 spiro atoms. The maximum absolute atomic E-state index is 12.8. The minimum atomic E-state index is -3.48. The van der Waals surface area contributed by atoms with Gasteiger partial charge in [0.1, 0.15) is 0 Å². The highest BCUT2D eigenvalue weighted by Gasteiger charge is 2.19. The molecule has 0 bridgehead atoms. The molecule has 1 unspecified atom stereocenters. The molecule has 33 heavy (non-hydrogen) atoms. The average Bonchev–Trinajstić information content (AvgIpc) is 2.70. The molecule has 0 saturated carbocycles. The second kappa shape index (κ2) is 9.79. The van der Waals surface area contributed by atoms with E-state index in [1.807, 2.05) is 65.0 Å². The van der Waals surface area contributed by atoms with Gasteiger partial charge in [0, 0.05) is 5.56 Å². The Morgan fingerprint density at radius 3 is 2.03 bits per heavy atom. The number of aryl methyl sites for hydroxylation is 4. The Morgan fingerprint density at radius 1 is 0.879 bits per heavy atom. The van der Waals surface area contributed by atoms with Gasteiger partial charge in [0.25, 0.3) is 5.91 Å². The number of benzene rings is 3. The summed E-state index contributed by atoms with van der Waals surface area (Å²) in [5, 5.41) is 3.05. The van der Waals surface area contributed by atoms with Gasteiger partial charge in [0.15, 0.2) is 0 Å². The summed E-state index contributed by atoms with van der Waals surface area (Å²) in [6, 6.07) is 18.9. The summed E-state index contributed by atoms with van der Waals surface area (Å²) < 4.78 is 26.4.